The van der Waals surface area contributed by atoms with Gasteiger partial charge >= 0.3 is 0 Å². The minimum atomic E-state index is 0.529. The highest BCUT2D eigenvalue weighted by Gasteiger charge is 2.02. The number of aryl methyl sites for hydroxylation is 1. The average Bonchev–Trinajstić information content (AvgIpc) is 2.44. The molecular weight excluding hydrogens is 274 g/mol. The minimum absolute atomic E-state index is 0.529. The molecule has 0 aliphatic carbocycles. The summed E-state index contributed by atoms with van der Waals surface area (Å²) < 4.78 is 0. The van der Waals surface area contributed by atoms with Gasteiger partial charge in [-0.3, -0.25) is 0 Å². The summed E-state index contributed by atoms with van der Waals surface area (Å²) >= 11 is 6.10. The number of unbranched alkanes of at least 4 members (excludes halogenated alkanes) is 1. The first-order chi connectivity index (χ1) is 9.69. The van der Waals surface area contributed by atoms with Crippen molar-refractivity contribution >= 4 is 29.1 Å². The van der Waals surface area contributed by atoms with Gasteiger partial charge in [0.1, 0.15) is 0 Å². The van der Waals surface area contributed by atoms with Crippen molar-refractivity contribution in [1.82, 2.24) is 15.2 Å². The van der Waals surface area contributed by atoms with Gasteiger partial charge in [-0.25, -0.2) is 0 Å². The Bertz CT molecular complexity index is 573. The first kappa shape index (κ1) is 14.5. The Morgan fingerprint density at radius 3 is 2.90 bits per heavy atom. The van der Waals surface area contributed by atoms with E-state index in [9.17, 15) is 0 Å². The van der Waals surface area contributed by atoms with E-state index in [1.54, 1.807) is 6.20 Å². The summed E-state index contributed by atoms with van der Waals surface area (Å²) in [5.41, 5.74) is 1.92. The quantitative estimate of drug-likeness (QED) is 0.793. The summed E-state index contributed by atoms with van der Waals surface area (Å²) in [6.45, 7) is 4.95. The zero-order valence-corrected chi connectivity index (χ0v) is 12.4. The molecule has 20 heavy (non-hydrogen) atoms. The van der Waals surface area contributed by atoms with Crippen molar-refractivity contribution in [3.05, 3.63) is 35.0 Å². The standard InChI is InChI=1S/C14H18ClN5/c1-3-4-7-16-14-19-13(9-17-20-14)18-11-6-5-10(2)12(15)8-11/h5-6,8-9H,3-4,7H2,1-2H3,(H2,16,18,19,20). The van der Waals surface area contributed by atoms with Gasteiger partial charge in [0.05, 0.1) is 6.20 Å². The van der Waals surface area contributed by atoms with E-state index >= 15 is 0 Å². The molecule has 0 radical (unpaired) electrons. The molecule has 0 atom stereocenters. The van der Waals surface area contributed by atoms with Gasteiger partial charge in [-0.05, 0) is 31.0 Å². The number of benzene rings is 1. The Kier molecular flexibility index (Phi) is 5.12. The number of nitrogens with one attached hydrogen (secondary N) is 2. The first-order valence-corrected chi connectivity index (χ1v) is 7.03. The van der Waals surface area contributed by atoms with Gasteiger partial charge in [-0.1, -0.05) is 31.0 Å². The highest BCUT2D eigenvalue weighted by atomic mass is 35.5. The number of nitrogens with zero attached hydrogens (tertiary/aromatic N) is 3. The SMILES string of the molecule is CCCCNc1nncc(Nc2ccc(C)c(Cl)c2)n1. The normalized spacial score (nSPS) is 10.3. The van der Waals surface area contributed by atoms with Crippen molar-refractivity contribution in [2.75, 3.05) is 17.2 Å². The van der Waals surface area contributed by atoms with Crippen LogP contribution in [0.25, 0.3) is 0 Å². The number of rotatable bonds is 6. The van der Waals surface area contributed by atoms with E-state index < -0.39 is 0 Å². The van der Waals surface area contributed by atoms with Gasteiger partial charge in [0.2, 0.25) is 5.95 Å². The van der Waals surface area contributed by atoms with Crippen molar-refractivity contribution in [3.63, 3.8) is 0 Å². The number of halogens is 1. The monoisotopic (exact) mass is 291 g/mol. The van der Waals surface area contributed by atoms with Gasteiger partial charge in [-0.2, -0.15) is 10.1 Å². The van der Waals surface area contributed by atoms with Gasteiger partial charge in [0.25, 0.3) is 0 Å². The van der Waals surface area contributed by atoms with Crippen molar-refractivity contribution in [2.24, 2.45) is 0 Å². The fraction of sp³-hybridized carbons (Fsp3) is 0.357. The predicted molar refractivity (Wildman–Crippen MR) is 82.7 cm³/mol. The fourth-order valence-electron chi connectivity index (χ4n) is 1.63. The molecule has 106 valence electrons. The number of hydrogen-bond donors (Lipinski definition) is 2. The van der Waals surface area contributed by atoms with Crippen molar-refractivity contribution < 1.29 is 0 Å². The van der Waals surface area contributed by atoms with Crippen LogP contribution in [0.2, 0.25) is 5.02 Å². The molecule has 0 saturated heterocycles. The van der Waals surface area contributed by atoms with E-state index in [0.717, 1.165) is 35.7 Å². The molecule has 0 fully saturated rings. The van der Waals surface area contributed by atoms with Gasteiger partial charge in [-0.15, -0.1) is 5.10 Å². The Labute approximate surface area is 123 Å². The lowest BCUT2D eigenvalue weighted by molar-refractivity contribution is 0.819. The molecule has 5 nitrogen and oxygen atoms in total. The van der Waals surface area contributed by atoms with Gasteiger partial charge in [0, 0.05) is 17.3 Å². The van der Waals surface area contributed by atoms with Crippen LogP contribution in [0.1, 0.15) is 25.3 Å². The molecule has 0 bridgehead atoms. The van der Waals surface area contributed by atoms with Crippen molar-refractivity contribution in [1.29, 1.82) is 0 Å². The Morgan fingerprint density at radius 1 is 1.30 bits per heavy atom. The molecule has 2 rings (SSSR count). The van der Waals surface area contributed by atoms with Crippen molar-refractivity contribution in [3.8, 4) is 0 Å². The molecular formula is C14H18ClN5. The van der Waals surface area contributed by atoms with E-state index in [1.807, 2.05) is 25.1 Å². The van der Waals surface area contributed by atoms with E-state index in [-0.39, 0.29) is 0 Å². The zero-order valence-electron chi connectivity index (χ0n) is 11.7. The second kappa shape index (κ2) is 7.05. The number of aromatic nitrogens is 3. The summed E-state index contributed by atoms with van der Waals surface area (Å²) in [6, 6.07) is 5.77. The van der Waals surface area contributed by atoms with Crippen LogP contribution >= 0.6 is 11.6 Å². The molecule has 0 spiro atoms. The Morgan fingerprint density at radius 2 is 2.15 bits per heavy atom. The van der Waals surface area contributed by atoms with E-state index in [1.165, 1.54) is 0 Å². The van der Waals surface area contributed by atoms with Gasteiger partial charge in [0.15, 0.2) is 5.82 Å². The molecule has 2 aromatic rings. The Hall–Kier alpha value is -1.88. The fourth-order valence-corrected chi connectivity index (χ4v) is 1.81. The highest BCUT2D eigenvalue weighted by molar-refractivity contribution is 6.31. The molecule has 0 aliphatic heterocycles. The summed E-state index contributed by atoms with van der Waals surface area (Å²) in [6.07, 6.45) is 3.79. The number of hydrogen-bond acceptors (Lipinski definition) is 5. The molecule has 1 aromatic carbocycles. The van der Waals surface area contributed by atoms with Gasteiger partial charge < -0.3 is 10.6 Å². The largest absolute Gasteiger partial charge is 0.353 e. The summed E-state index contributed by atoms with van der Waals surface area (Å²) in [5.74, 6) is 1.17. The van der Waals surface area contributed by atoms with Crippen LogP contribution in [0.3, 0.4) is 0 Å². The summed E-state index contributed by atoms with van der Waals surface area (Å²) in [4.78, 5) is 4.35. The molecule has 2 N–H and O–H groups in total. The van der Waals surface area contributed by atoms with Crippen LogP contribution in [0.15, 0.2) is 24.4 Å². The Balaban J connectivity index is 2.05. The lowest BCUT2D eigenvalue weighted by Crippen LogP contribution is -2.07. The van der Waals surface area contributed by atoms with Crippen LogP contribution < -0.4 is 10.6 Å². The maximum Gasteiger partial charge on any atom is 0.244 e. The molecule has 0 aliphatic rings. The van der Waals surface area contributed by atoms with Crippen LogP contribution in [0, 0.1) is 6.92 Å². The lowest BCUT2D eigenvalue weighted by Gasteiger charge is -2.08. The van der Waals surface area contributed by atoms with Crippen LogP contribution in [0.5, 0.6) is 0 Å². The predicted octanol–water partition coefficient (Wildman–Crippen LogP) is 3.79. The molecule has 0 unspecified atom stereocenters. The van der Waals surface area contributed by atoms with Crippen LogP contribution in [-0.4, -0.2) is 21.7 Å². The average molecular weight is 292 g/mol. The maximum atomic E-state index is 6.10. The lowest BCUT2D eigenvalue weighted by atomic mass is 10.2. The highest BCUT2D eigenvalue weighted by Crippen LogP contribution is 2.22. The minimum Gasteiger partial charge on any atom is -0.353 e. The molecule has 6 heteroatoms. The summed E-state index contributed by atoms with van der Waals surface area (Å²) in [7, 11) is 0. The molecule has 1 aromatic heterocycles. The smallest absolute Gasteiger partial charge is 0.244 e. The zero-order chi connectivity index (χ0) is 14.4. The number of anilines is 3. The second-order valence-corrected chi connectivity index (χ2v) is 4.94. The van der Waals surface area contributed by atoms with E-state index in [4.69, 9.17) is 11.6 Å². The third-order valence-corrected chi connectivity index (χ3v) is 3.22. The second-order valence-electron chi connectivity index (χ2n) is 4.53. The van der Waals surface area contributed by atoms with E-state index in [2.05, 4.69) is 32.7 Å². The topological polar surface area (TPSA) is 62.7 Å². The van der Waals surface area contributed by atoms with Crippen LogP contribution in [0.4, 0.5) is 17.5 Å². The third-order valence-electron chi connectivity index (χ3n) is 2.82. The molecule has 0 saturated carbocycles. The summed E-state index contributed by atoms with van der Waals surface area (Å²) in [5, 5.41) is 14.9. The maximum absolute atomic E-state index is 6.10. The first-order valence-electron chi connectivity index (χ1n) is 6.66. The third kappa shape index (κ3) is 4.06. The molecule has 0 amide bonds. The van der Waals surface area contributed by atoms with E-state index in [0.29, 0.717) is 11.8 Å². The molecule has 1 heterocycles. The van der Waals surface area contributed by atoms with Crippen molar-refractivity contribution in [2.45, 2.75) is 26.7 Å². The van der Waals surface area contributed by atoms with Crippen LogP contribution in [-0.2, 0) is 0 Å².